The van der Waals surface area contributed by atoms with Crippen molar-refractivity contribution in [3.8, 4) is 0 Å². The second kappa shape index (κ2) is 8.64. The second-order valence-electron chi connectivity index (χ2n) is 4.94. The molecule has 0 heterocycles. The molecule has 5 nitrogen and oxygen atoms in total. The molecule has 0 aliphatic heterocycles. The zero-order valence-corrected chi connectivity index (χ0v) is 13.0. The quantitative estimate of drug-likeness (QED) is 0.801. The SMILES string of the molecule is CC(C)OCCC(=O)N(CC(=O)O)Cc1ccc(Cl)cc1. The molecule has 0 aliphatic rings. The second-order valence-corrected chi connectivity index (χ2v) is 5.38. The van der Waals surface area contributed by atoms with Crippen LogP contribution < -0.4 is 0 Å². The first-order valence-corrected chi connectivity index (χ1v) is 7.12. The molecular weight excluding hydrogens is 294 g/mol. The average Bonchev–Trinajstić information content (AvgIpc) is 2.39. The Hall–Kier alpha value is -1.59. The van der Waals surface area contributed by atoms with Crippen LogP contribution in [0.5, 0.6) is 0 Å². The van der Waals surface area contributed by atoms with Gasteiger partial charge in [-0.05, 0) is 31.5 Å². The van der Waals surface area contributed by atoms with Crippen LogP contribution in [0.3, 0.4) is 0 Å². The summed E-state index contributed by atoms with van der Waals surface area (Å²) < 4.78 is 5.32. The average molecular weight is 314 g/mol. The Kier molecular flexibility index (Phi) is 7.19. The molecule has 0 aliphatic carbocycles. The summed E-state index contributed by atoms with van der Waals surface area (Å²) in [7, 11) is 0. The number of halogens is 1. The van der Waals surface area contributed by atoms with Crippen LogP contribution in [-0.2, 0) is 20.9 Å². The van der Waals surface area contributed by atoms with E-state index in [2.05, 4.69) is 0 Å². The molecule has 1 amide bonds. The van der Waals surface area contributed by atoms with E-state index in [1.165, 1.54) is 4.90 Å². The minimum absolute atomic E-state index is 0.0435. The van der Waals surface area contributed by atoms with Crippen LogP contribution in [0.2, 0.25) is 5.02 Å². The molecule has 116 valence electrons. The van der Waals surface area contributed by atoms with Gasteiger partial charge in [0.25, 0.3) is 0 Å². The fourth-order valence-electron chi connectivity index (χ4n) is 1.75. The highest BCUT2D eigenvalue weighted by molar-refractivity contribution is 6.30. The number of carbonyl (C=O) groups excluding carboxylic acids is 1. The number of carbonyl (C=O) groups is 2. The number of benzene rings is 1. The lowest BCUT2D eigenvalue weighted by atomic mass is 10.2. The number of amides is 1. The Labute approximate surface area is 129 Å². The van der Waals surface area contributed by atoms with Crippen molar-refractivity contribution in [2.45, 2.75) is 32.9 Å². The Balaban J connectivity index is 2.63. The molecule has 1 rings (SSSR count). The molecule has 1 aromatic rings. The summed E-state index contributed by atoms with van der Waals surface area (Å²) in [4.78, 5) is 24.3. The topological polar surface area (TPSA) is 66.8 Å². The van der Waals surface area contributed by atoms with Crippen LogP contribution >= 0.6 is 11.6 Å². The van der Waals surface area contributed by atoms with Gasteiger partial charge in [-0.15, -0.1) is 0 Å². The number of hydrogen-bond acceptors (Lipinski definition) is 3. The molecule has 0 saturated carbocycles. The number of carboxylic acids is 1. The summed E-state index contributed by atoms with van der Waals surface area (Å²) in [5, 5.41) is 9.52. The molecule has 0 bridgehead atoms. The van der Waals surface area contributed by atoms with Crippen LogP contribution in [-0.4, -0.2) is 41.1 Å². The van der Waals surface area contributed by atoms with Crippen molar-refractivity contribution in [3.63, 3.8) is 0 Å². The van der Waals surface area contributed by atoms with Crippen molar-refractivity contribution < 1.29 is 19.4 Å². The Morgan fingerprint density at radius 2 is 1.90 bits per heavy atom. The molecule has 6 heteroatoms. The van der Waals surface area contributed by atoms with Gasteiger partial charge in [-0.1, -0.05) is 23.7 Å². The van der Waals surface area contributed by atoms with Crippen molar-refractivity contribution in [1.82, 2.24) is 4.90 Å². The Bertz CT molecular complexity index is 473. The van der Waals surface area contributed by atoms with Gasteiger partial charge >= 0.3 is 5.97 Å². The lowest BCUT2D eigenvalue weighted by molar-refractivity contribution is -0.145. The maximum atomic E-state index is 12.1. The lowest BCUT2D eigenvalue weighted by Gasteiger charge is -2.21. The summed E-state index contributed by atoms with van der Waals surface area (Å²) in [6, 6.07) is 6.97. The first-order valence-electron chi connectivity index (χ1n) is 6.74. The van der Waals surface area contributed by atoms with E-state index >= 15 is 0 Å². The van der Waals surface area contributed by atoms with Gasteiger partial charge in [0.2, 0.25) is 5.91 Å². The van der Waals surface area contributed by atoms with Crippen LogP contribution in [0.15, 0.2) is 24.3 Å². The summed E-state index contributed by atoms with van der Waals surface area (Å²) in [6.07, 6.45) is 0.209. The number of nitrogens with zero attached hydrogens (tertiary/aromatic N) is 1. The third-order valence-electron chi connectivity index (χ3n) is 2.73. The predicted molar refractivity (Wildman–Crippen MR) is 80.2 cm³/mol. The van der Waals surface area contributed by atoms with Crippen molar-refractivity contribution in [3.05, 3.63) is 34.9 Å². The van der Waals surface area contributed by atoms with Gasteiger partial charge in [-0.25, -0.2) is 0 Å². The van der Waals surface area contributed by atoms with E-state index in [4.69, 9.17) is 21.4 Å². The summed E-state index contributed by atoms with van der Waals surface area (Å²) in [5.41, 5.74) is 0.832. The number of ether oxygens (including phenoxy) is 1. The summed E-state index contributed by atoms with van der Waals surface area (Å²) >= 11 is 5.80. The van der Waals surface area contributed by atoms with E-state index in [0.29, 0.717) is 5.02 Å². The highest BCUT2D eigenvalue weighted by Crippen LogP contribution is 2.12. The molecule has 21 heavy (non-hydrogen) atoms. The zero-order valence-electron chi connectivity index (χ0n) is 12.2. The molecule has 1 aromatic carbocycles. The fourth-order valence-corrected chi connectivity index (χ4v) is 1.87. The smallest absolute Gasteiger partial charge is 0.323 e. The van der Waals surface area contributed by atoms with Crippen LogP contribution in [0, 0.1) is 0 Å². The van der Waals surface area contributed by atoms with Gasteiger partial charge in [0.15, 0.2) is 0 Å². The first-order chi connectivity index (χ1) is 9.88. The number of carboxylic acid groups (broad SMARTS) is 1. The number of hydrogen-bond donors (Lipinski definition) is 1. The maximum Gasteiger partial charge on any atom is 0.323 e. The highest BCUT2D eigenvalue weighted by Gasteiger charge is 2.17. The van der Waals surface area contributed by atoms with Crippen molar-refractivity contribution in [1.29, 1.82) is 0 Å². The van der Waals surface area contributed by atoms with Gasteiger partial charge in [-0.2, -0.15) is 0 Å². The first kappa shape index (κ1) is 17.5. The molecule has 1 N–H and O–H groups in total. The number of aliphatic carboxylic acids is 1. The van der Waals surface area contributed by atoms with Crippen molar-refractivity contribution >= 4 is 23.5 Å². The third-order valence-corrected chi connectivity index (χ3v) is 2.98. The fraction of sp³-hybridized carbons (Fsp3) is 0.467. The Morgan fingerprint density at radius 1 is 1.29 bits per heavy atom. The predicted octanol–water partition coefficient (Wildman–Crippen LogP) is 2.57. The molecule has 0 saturated heterocycles. The molecule has 0 unspecified atom stereocenters. The zero-order chi connectivity index (χ0) is 15.8. The lowest BCUT2D eigenvalue weighted by Crippen LogP contribution is -2.35. The maximum absolute atomic E-state index is 12.1. The minimum atomic E-state index is -1.04. The molecule has 0 spiro atoms. The van der Waals surface area contributed by atoms with Crippen LogP contribution in [0.1, 0.15) is 25.8 Å². The number of rotatable bonds is 8. The summed E-state index contributed by atoms with van der Waals surface area (Å²) in [6.45, 7) is 3.96. The molecule has 0 fully saturated rings. The normalized spacial score (nSPS) is 10.7. The molecular formula is C15H20ClNO4. The van der Waals surface area contributed by atoms with Gasteiger partial charge in [0, 0.05) is 11.6 Å². The van der Waals surface area contributed by atoms with Crippen LogP contribution in [0.4, 0.5) is 0 Å². The third kappa shape index (κ3) is 7.11. The highest BCUT2D eigenvalue weighted by atomic mass is 35.5. The largest absolute Gasteiger partial charge is 0.480 e. The van der Waals surface area contributed by atoms with Gasteiger partial charge < -0.3 is 14.7 Å². The van der Waals surface area contributed by atoms with Gasteiger partial charge in [0.05, 0.1) is 19.1 Å². The molecule has 0 aromatic heterocycles. The summed E-state index contributed by atoms with van der Waals surface area (Å²) in [5.74, 6) is -1.28. The van der Waals surface area contributed by atoms with E-state index in [9.17, 15) is 9.59 Å². The molecule has 0 radical (unpaired) electrons. The monoisotopic (exact) mass is 313 g/mol. The van der Waals surface area contributed by atoms with E-state index in [1.807, 2.05) is 13.8 Å². The standard InChI is InChI=1S/C15H20ClNO4/c1-11(2)21-8-7-14(18)17(10-15(19)20)9-12-3-5-13(16)6-4-12/h3-6,11H,7-10H2,1-2H3,(H,19,20). The van der Waals surface area contributed by atoms with Crippen LogP contribution in [0.25, 0.3) is 0 Å². The molecule has 0 atom stereocenters. The van der Waals surface area contributed by atoms with E-state index in [0.717, 1.165) is 5.56 Å². The van der Waals surface area contributed by atoms with E-state index in [-0.39, 0.29) is 38.1 Å². The van der Waals surface area contributed by atoms with Gasteiger partial charge in [-0.3, -0.25) is 9.59 Å². The van der Waals surface area contributed by atoms with Crippen molar-refractivity contribution in [2.24, 2.45) is 0 Å². The van der Waals surface area contributed by atoms with E-state index < -0.39 is 5.97 Å². The van der Waals surface area contributed by atoms with Crippen molar-refractivity contribution in [2.75, 3.05) is 13.2 Å². The van der Waals surface area contributed by atoms with E-state index in [1.54, 1.807) is 24.3 Å². The van der Waals surface area contributed by atoms with Gasteiger partial charge in [0.1, 0.15) is 6.54 Å². The Morgan fingerprint density at radius 3 is 2.43 bits per heavy atom. The minimum Gasteiger partial charge on any atom is -0.480 e.